The number of fused-ring (bicyclic) bond motifs is 1. The van der Waals surface area contributed by atoms with Crippen molar-refractivity contribution >= 4 is 5.97 Å². The quantitative estimate of drug-likeness (QED) is 0.493. The maximum Gasteiger partial charge on any atom is 0.349 e. The number of nitrogens with two attached hydrogens (primary N) is 1. The lowest BCUT2D eigenvalue weighted by atomic mass is 9.87. The van der Waals surface area contributed by atoms with Gasteiger partial charge in [0.2, 0.25) is 5.88 Å². The molecule has 2 aromatic carbocycles. The van der Waals surface area contributed by atoms with Crippen LogP contribution in [0.2, 0.25) is 0 Å². The zero-order valence-corrected chi connectivity index (χ0v) is 17.0. The molecule has 1 aromatic heterocycles. The van der Waals surface area contributed by atoms with Crippen LogP contribution in [0.1, 0.15) is 28.4 Å². The number of aryl methyl sites for hydroxylation is 1. The minimum absolute atomic E-state index is 0.0156. The number of carbonyl (C=O) groups excluding carboxylic acids is 1. The maximum atomic E-state index is 12.3. The molecule has 0 aliphatic carbocycles. The molecule has 0 amide bonds. The lowest BCUT2D eigenvalue weighted by Gasteiger charge is -2.25. The smallest absolute Gasteiger partial charge is 0.349 e. The number of furan rings is 1. The standard InChI is InChI=1S/C24H20N2O5/c1-14-5-3-6-19(15(14)2)29-13-22(27)30-16-8-9-17-21(11-16)31-24(26)18(12-25)23(17)20-7-4-10-28-20/h3-11,23H,13,26H2,1-2H3. The van der Waals surface area contributed by atoms with Gasteiger partial charge in [0, 0.05) is 11.6 Å². The number of rotatable bonds is 5. The molecule has 0 saturated carbocycles. The van der Waals surface area contributed by atoms with Crippen molar-refractivity contribution in [1.29, 1.82) is 5.26 Å². The summed E-state index contributed by atoms with van der Waals surface area (Å²) in [6.07, 6.45) is 1.53. The second-order valence-electron chi connectivity index (χ2n) is 7.10. The number of esters is 1. The lowest BCUT2D eigenvalue weighted by molar-refractivity contribution is -0.136. The minimum Gasteiger partial charge on any atom is -0.482 e. The predicted molar refractivity (Wildman–Crippen MR) is 111 cm³/mol. The largest absolute Gasteiger partial charge is 0.482 e. The summed E-state index contributed by atoms with van der Waals surface area (Å²) in [5.74, 6) is 0.794. The molecule has 0 bridgehead atoms. The SMILES string of the molecule is Cc1cccc(OCC(=O)Oc2ccc3c(c2)OC(N)=C(C#N)C3c2ccco2)c1C. The fourth-order valence-corrected chi connectivity index (χ4v) is 3.43. The molecule has 7 heteroatoms. The Kier molecular flexibility index (Phi) is 5.37. The number of hydrogen-bond donors (Lipinski definition) is 1. The third-order valence-corrected chi connectivity index (χ3v) is 5.15. The van der Waals surface area contributed by atoms with Crippen molar-refractivity contribution in [1.82, 2.24) is 0 Å². The average molecular weight is 416 g/mol. The molecule has 0 radical (unpaired) electrons. The van der Waals surface area contributed by atoms with Crippen LogP contribution in [0.3, 0.4) is 0 Å². The van der Waals surface area contributed by atoms with Gasteiger partial charge in [-0.3, -0.25) is 0 Å². The van der Waals surface area contributed by atoms with Gasteiger partial charge < -0.3 is 24.4 Å². The molecule has 1 aliphatic rings. The molecule has 4 rings (SSSR count). The van der Waals surface area contributed by atoms with E-state index >= 15 is 0 Å². The Morgan fingerprint density at radius 2 is 2.03 bits per heavy atom. The highest BCUT2D eigenvalue weighted by atomic mass is 16.6. The predicted octanol–water partition coefficient (Wildman–Crippen LogP) is 4.10. The molecule has 0 saturated heterocycles. The van der Waals surface area contributed by atoms with Gasteiger partial charge >= 0.3 is 5.97 Å². The van der Waals surface area contributed by atoms with Crippen molar-refractivity contribution in [3.63, 3.8) is 0 Å². The minimum atomic E-state index is -0.555. The molecular formula is C24H20N2O5. The Morgan fingerprint density at radius 3 is 2.77 bits per heavy atom. The van der Waals surface area contributed by atoms with Gasteiger partial charge in [0.05, 0.1) is 12.2 Å². The van der Waals surface area contributed by atoms with E-state index in [-0.39, 0.29) is 23.8 Å². The van der Waals surface area contributed by atoms with Crippen LogP contribution in [0.4, 0.5) is 0 Å². The van der Waals surface area contributed by atoms with Crippen LogP contribution in [0.25, 0.3) is 0 Å². The summed E-state index contributed by atoms with van der Waals surface area (Å²) >= 11 is 0. The molecule has 2 heterocycles. The van der Waals surface area contributed by atoms with E-state index < -0.39 is 11.9 Å². The Labute approximate surface area is 179 Å². The summed E-state index contributed by atoms with van der Waals surface area (Å²) in [5.41, 5.74) is 8.95. The monoisotopic (exact) mass is 416 g/mol. The molecule has 7 nitrogen and oxygen atoms in total. The van der Waals surface area contributed by atoms with E-state index in [9.17, 15) is 10.1 Å². The van der Waals surface area contributed by atoms with Gasteiger partial charge in [-0.25, -0.2) is 4.79 Å². The number of nitrogens with zero attached hydrogens (tertiary/aromatic N) is 1. The van der Waals surface area contributed by atoms with Crippen molar-refractivity contribution < 1.29 is 23.4 Å². The molecular weight excluding hydrogens is 396 g/mol. The number of allylic oxidation sites excluding steroid dienone is 1. The van der Waals surface area contributed by atoms with Crippen LogP contribution in [0.5, 0.6) is 17.2 Å². The van der Waals surface area contributed by atoms with Crippen LogP contribution in [0.15, 0.2) is 70.7 Å². The first kappa shape index (κ1) is 20.1. The van der Waals surface area contributed by atoms with Gasteiger partial charge in [0.1, 0.15) is 34.7 Å². The second kappa shape index (κ2) is 8.28. The van der Waals surface area contributed by atoms with E-state index in [0.29, 0.717) is 22.8 Å². The third kappa shape index (κ3) is 3.96. The molecule has 1 aliphatic heterocycles. The molecule has 3 aromatic rings. The Balaban J connectivity index is 1.52. The zero-order valence-electron chi connectivity index (χ0n) is 17.0. The van der Waals surface area contributed by atoms with Crippen molar-refractivity contribution in [3.05, 3.63) is 88.7 Å². The Morgan fingerprint density at radius 1 is 1.19 bits per heavy atom. The highest BCUT2D eigenvalue weighted by Gasteiger charge is 2.32. The molecule has 156 valence electrons. The van der Waals surface area contributed by atoms with Crippen LogP contribution in [-0.2, 0) is 4.79 Å². The molecule has 0 fully saturated rings. The summed E-state index contributed by atoms with van der Waals surface area (Å²) in [5, 5.41) is 9.53. The average Bonchev–Trinajstić information content (AvgIpc) is 3.28. The van der Waals surface area contributed by atoms with Gasteiger partial charge in [-0.05, 0) is 49.2 Å². The van der Waals surface area contributed by atoms with Gasteiger partial charge in [0.25, 0.3) is 0 Å². The fraction of sp³-hybridized carbons (Fsp3) is 0.167. The topological polar surface area (TPSA) is 108 Å². The van der Waals surface area contributed by atoms with Gasteiger partial charge in [-0.2, -0.15) is 5.26 Å². The zero-order chi connectivity index (χ0) is 22.0. The van der Waals surface area contributed by atoms with E-state index in [1.807, 2.05) is 26.0 Å². The second-order valence-corrected chi connectivity index (χ2v) is 7.10. The Bertz CT molecular complexity index is 1210. The maximum absolute atomic E-state index is 12.3. The van der Waals surface area contributed by atoms with Crippen molar-refractivity contribution in [2.75, 3.05) is 6.61 Å². The van der Waals surface area contributed by atoms with Crippen molar-refractivity contribution in [2.45, 2.75) is 19.8 Å². The van der Waals surface area contributed by atoms with Gasteiger partial charge in [-0.1, -0.05) is 18.2 Å². The van der Waals surface area contributed by atoms with E-state index in [0.717, 1.165) is 11.1 Å². The first-order chi connectivity index (χ1) is 15.0. The molecule has 0 spiro atoms. The van der Waals surface area contributed by atoms with Crippen molar-refractivity contribution in [3.8, 4) is 23.3 Å². The first-order valence-corrected chi connectivity index (χ1v) is 9.62. The normalized spacial score (nSPS) is 14.9. The molecule has 2 N–H and O–H groups in total. The van der Waals surface area contributed by atoms with Crippen LogP contribution in [0, 0.1) is 25.2 Å². The highest BCUT2D eigenvalue weighted by molar-refractivity contribution is 5.74. The number of nitriles is 1. The summed E-state index contributed by atoms with van der Waals surface area (Å²) in [7, 11) is 0. The van der Waals surface area contributed by atoms with E-state index in [1.54, 1.807) is 36.4 Å². The summed E-state index contributed by atoms with van der Waals surface area (Å²) in [4.78, 5) is 12.3. The summed E-state index contributed by atoms with van der Waals surface area (Å²) < 4.78 is 22.1. The Hall–Kier alpha value is -4.18. The van der Waals surface area contributed by atoms with E-state index in [1.165, 1.54) is 6.26 Å². The molecule has 1 unspecified atom stereocenters. The van der Waals surface area contributed by atoms with Crippen LogP contribution < -0.4 is 19.9 Å². The first-order valence-electron chi connectivity index (χ1n) is 9.62. The summed E-state index contributed by atoms with van der Waals surface area (Å²) in [6, 6.07) is 16.1. The number of benzene rings is 2. The number of ether oxygens (including phenoxy) is 3. The van der Waals surface area contributed by atoms with Gasteiger partial charge in [-0.15, -0.1) is 0 Å². The third-order valence-electron chi connectivity index (χ3n) is 5.15. The van der Waals surface area contributed by atoms with Gasteiger partial charge in [0.15, 0.2) is 6.61 Å². The summed E-state index contributed by atoms with van der Waals surface area (Å²) in [6.45, 7) is 3.67. The van der Waals surface area contributed by atoms with Crippen LogP contribution >= 0.6 is 0 Å². The van der Waals surface area contributed by atoms with Crippen molar-refractivity contribution in [2.24, 2.45) is 5.73 Å². The van der Waals surface area contributed by atoms with Crippen LogP contribution in [-0.4, -0.2) is 12.6 Å². The molecule has 31 heavy (non-hydrogen) atoms. The number of hydrogen-bond acceptors (Lipinski definition) is 7. The fourth-order valence-electron chi connectivity index (χ4n) is 3.43. The molecule has 1 atom stereocenters. The van der Waals surface area contributed by atoms with E-state index in [4.69, 9.17) is 24.4 Å². The van der Waals surface area contributed by atoms with E-state index in [2.05, 4.69) is 6.07 Å². The number of carbonyl (C=O) groups is 1. The highest BCUT2D eigenvalue weighted by Crippen LogP contribution is 2.43. The lowest BCUT2D eigenvalue weighted by Crippen LogP contribution is -2.21.